The molecule has 2 unspecified atom stereocenters. The number of hydrogen-bond donors (Lipinski definition) is 2. The third kappa shape index (κ3) is 3.46. The van der Waals surface area contributed by atoms with Crippen molar-refractivity contribution in [2.24, 2.45) is 11.8 Å². The highest BCUT2D eigenvalue weighted by Gasteiger charge is 2.30. The standard InChI is InChI=1S/C21H24N2O2S/c24-21(25)16-11-12-22-14-15(16)6-5-13-23-17-7-1-3-9-19(17)26-20-10-4-2-8-18(20)23/h1-4,7-10,15-16,22H,5-6,11-14H2,(H,24,25). The predicted molar refractivity (Wildman–Crippen MR) is 105 cm³/mol. The molecule has 0 bridgehead atoms. The topological polar surface area (TPSA) is 52.6 Å². The van der Waals surface area contributed by atoms with Crippen molar-refractivity contribution in [3.05, 3.63) is 48.5 Å². The van der Waals surface area contributed by atoms with E-state index in [1.807, 2.05) is 11.8 Å². The van der Waals surface area contributed by atoms with Gasteiger partial charge in [0.2, 0.25) is 0 Å². The molecule has 0 saturated carbocycles. The number of carbonyl (C=O) groups is 1. The molecule has 0 aromatic heterocycles. The number of para-hydroxylation sites is 2. The van der Waals surface area contributed by atoms with E-state index in [1.165, 1.54) is 21.2 Å². The zero-order valence-electron chi connectivity index (χ0n) is 14.7. The van der Waals surface area contributed by atoms with Crippen molar-refractivity contribution in [2.45, 2.75) is 29.1 Å². The van der Waals surface area contributed by atoms with Gasteiger partial charge in [-0.05, 0) is 62.5 Å². The highest BCUT2D eigenvalue weighted by Crippen LogP contribution is 2.47. The van der Waals surface area contributed by atoms with E-state index in [0.717, 1.165) is 38.9 Å². The molecule has 2 heterocycles. The van der Waals surface area contributed by atoms with Gasteiger partial charge in [-0.15, -0.1) is 0 Å². The fraction of sp³-hybridized carbons (Fsp3) is 0.381. The lowest BCUT2D eigenvalue weighted by Gasteiger charge is -2.34. The molecule has 0 radical (unpaired) electrons. The number of piperidine rings is 1. The van der Waals surface area contributed by atoms with Gasteiger partial charge < -0.3 is 15.3 Å². The molecule has 1 fully saturated rings. The Kier molecular flexibility index (Phi) is 5.18. The maximum atomic E-state index is 11.5. The Hall–Kier alpha value is -1.98. The molecule has 26 heavy (non-hydrogen) atoms. The quantitative estimate of drug-likeness (QED) is 0.820. The number of carboxylic acid groups (broad SMARTS) is 1. The number of fused-ring (bicyclic) bond motifs is 2. The van der Waals surface area contributed by atoms with Crippen molar-refractivity contribution in [2.75, 3.05) is 24.5 Å². The minimum absolute atomic E-state index is 0.201. The molecule has 136 valence electrons. The van der Waals surface area contributed by atoms with Crippen LogP contribution in [0.5, 0.6) is 0 Å². The largest absolute Gasteiger partial charge is 0.481 e. The van der Waals surface area contributed by atoms with Gasteiger partial charge in [0.1, 0.15) is 0 Å². The highest BCUT2D eigenvalue weighted by atomic mass is 32.2. The summed E-state index contributed by atoms with van der Waals surface area (Å²) in [6.45, 7) is 2.55. The minimum Gasteiger partial charge on any atom is -0.481 e. The molecule has 4 rings (SSSR count). The van der Waals surface area contributed by atoms with E-state index in [0.29, 0.717) is 0 Å². The Morgan fingerprint density at radius 1 is 1.12 bits per heavy atom. The summed E-state index contributed by atoms with van der Waals surface area (Å²) in [4.78, 5) is 16.5. The van der Waals surface area contributed by atoms with Gasteiger partial charge in [0.05, 0.1) is 17.3 Å². The average Bonchev–Trinajstić information content (AvgIpc) is 2.67. The second-order valence-electron chi connectivity index (χ2n) is 7.03. The summed E-state index contributed by atoms with van der Waals surface area (Å²) in [6.07, 6.45) is 2.67. The smallest absolute Gasteiger partial charge is 0.306 e. The van der Waals surface area contributed by atoms with Crippen molar-refractivity contribution in [3.63, 3.8) is 0 Å². The van der Waals surface area contributed by atoms with Crippen LogP contribution in [0.4, 0.5) is 11.4 Å². The minimum atomic E-state index is -0.637. The van der Waals surface area contributed by atoms with Gasteiger partial charge in [0.15, 0.2) is 0 Å². The number of rotatable bonds is 5. The lowest BCUT2D eigenvalue weighted by atomic mass is 9.83. The first-order chi connectivity index (χ1) is 12.7. The summed E-state index contributed by atoms with van der Waals surface area (Å²) in [5, 5.41) is 12.8. The van der Waals surface area contributed by atoms with Gasteiger partial charge in [-0.3, -0.25) is 4.79 Å². The molecule has 2 aromatic carbocycles. The van der Waals surface area contributed by atoms with E-state index < -0.39 is 5.97 Å². The number of benzene rings is 2. The van der Waals surface area contributed by atoms with Crippen LogP contribution < -0.4 is 10.2 Å². The van der Waals surface area contributed by atoms with Crippen LogP contribution in [-0.2, 0) is 4.79 Å². The first-order valence-electron chi connectivity index (χ1n) is 9.31. The van der Waals surface area contributed by atoms with Crippen molar-refractivity contribution in [1.29, 1.82) is 0 Å². The normalized spacial score (nSPS) is 21.8. The Bertz CT molecular complexity index is 750. The molecule has 1 saturated heterocycles. The SMILES string of the molecule is O=C(O)C1CCNCC1CCCN1c2ccccc2Sc2ccccc21. The molecule has 2 aromatic rings. The van der Waals surface area contributed by atoms with Crippen molar-refractivity contribution >= 4 is 29.1 Å². The molecule has 5 heteroatoms. The Morgan fingerprint density at radius 2 is 1.77 bits per heavy atom. The van der Waals surface area contributed by atoms with Crippen LogP contribution in [0.25, 0.3) is 0 Å². The lowest BCUT2D eigenvalue weighted by molar-refractivity contribution is -0.144. The van der Waals surface area contributed by atoms with Crippen LogP contribution in [0.3, 0.4) is 0 Å². The number of nitrogens with one attached hydrogen (secondary N) is 1. The van der Waals surface area contributed by atoms with Crippen LogP contribution in [0.15, 0.2) is 58.3 Å². The number of aliphatic carboxylic acids is 1. The predicted octanol–water partition coefficient (Wildman–Crippen LogP) is 4.38. The highest BCUT2D eigenvalue weighted by molar-refractivity contribution is 7.99. The van der Waals surface area contributed by atoms with Crippen LogP contribution in [0, 0.1) is 11.8 Å². The third-order valence-corrected chi connectivity index (χ3v) is 6.54. The number of nitrogens with zero attached hydrogens (tertiary/aromatic N) is 1. The van der Waals surface area contributed by atoms with Crippen LogP contribution in [0.2, 0.25) is 0 Å². The van der Waals surface area contributed by atoms with E-state index in [2.05, 4.69) is 58.7 Å². The van der Waals surface area contributed by atoms with Gasteiger partial charge in [-0.2, -0.15) is 0 Å². The number of hydrogen-bond acceptors (Lipinski definition) is 4. The molecular weight excluding hydrogens is 344 g/mol. The third-order valence-electron chi connectivity index (χ3n) is 5.41. The summed E-state index contributed by atoms with van der Waals surface area (Å²) in [6, 6.07) is 17.1. The number of carboxylic acids is 1. The molecule has 0 aliphatic carbocycles. The fourth-order valence-electron chi connectivity index (χ4n) is 4.08. The van der Waals surface area contributed by atoms with Crippen molar-refractivity contribution in [1.82, 2.24) is 5.32 Å². The molecular formula is C21H24N2O2S. The van der Waals surface area contributed by atoms with Gasteiger partial charge in [-0.1, -0.05) is 36.0 Å². The first-order valence-corrected chi connectivity index (χ1v) is 10.1. The van der Waals surface area contributed by atoms with E-state index in [9.17, 15) is 9.90 Å². The van der Waals surface area contributed by atoms with Gasteiger partial charge in [0, 0.05) is 16.3 Å². The van der Waals surface area contributed by atoms with E-state index in [4.69, 9.17) is 0 Å². The Morgan fingerprint density at radius 3 is 2.42 bits per heavy atom. The van der Waals surface area contributed by atoms with Crippen molar-refractivity contribution < 1.29 is 9.90 Å². The van der Waals surface area contributed by atoms with Gasteiger partial charge in [-0.25, -0.2) is 0 Å². The first kappa shape index (κ1) is 17.4. The molecule has 2 aliphatic rings. The lowest BCUT2D eigenvalue weighted by Crippen LogP contribution is -2.40. The summed E-state index contributed by atoms with van der Waals surface area (Å²) >= 11 is 1.82. The molecule has 2 atom stereocenters. The Labute approximate surface area is 158 Å². The summed E-state index contributed by atoms with van der Waals surface area (Å²) < 4.78 is 0. The maximum absolute atomic E-state index is 11.5. The van der Waals surface area contributed by atoms with Gasteiger partial charge in [0.25, 0.3) is 0 Å². The second kappa shape index (κ2) is 7.72. The summed E-state index contributed by atoms with van der Waals surface area (Å²) in [5.41, 5.74) is 2.51. The van der Waals surface area contributed by atoms with Gasteiger partial charge >= 0.3 is 5.97 Å². The van der Waals surface area contributed by atoms with E-state index in [-0.39, 0.29) is 11.8 Å². The molecule has 4 nitrogen and oxygen atoms in total. The van der Waals surface area contributed by atoms with Crippen molar-refractivity contribution in [3.8, 4) is 0 Å². The van der Waals surface area contributed by atoms with Crippen LogP contribution >= 0.6 is 11.8 Å². The zero-order valence-corrected chi connectivity index (χ0v) is 15.5. The monoisotopic (exact) mass is 368 g/mol. The summed E-state index contributed by atoms with van der Waals surface area (Å²) in [7, 11) is 0. The second-order valence-corrected chi connectivity index (χ2v) is 8.11. The molecule has 2 aliphatic heterocycles. The van der Waals surface area contributed by atoms with E-state index in [1.54, 1.807) is 0 Å². The molecule has 0 spiro atoms. The number of anilines is 2. The van der Waals surface area contributed by atoms with E-state index >= 15 is 0 Å². The maximum Gasteiger partial charge on any atom is 0.306 e. The van der Waals surface area contributed by atoms with Crippen LogP contribution in [0.1, 0.15) is 19.3 Å². The molecule has 0 amide bonds. The fourth-order valence-corrected chi connectivity index (χ4v) is 5.18. The van der Waals surface area contributed by atoms with Crippen LogP contribution in [-0.4, -0.2) is 30.7 Å². The Balaban J connectivity index is 1.49. The molecule has 2 N–H and O–H groups in total. The average molecular weight is 369 g/mol. The zero-order chi connectivity index (χ0) is 17.9. The summed E-state index contributed by atoms with van der Waals surface area (Å²) in [5.74, 6) is -0.611.